The minimum absolute atomic E-state index is 0.173. The lowest BCUT2D eigenvalue weighted by Gasteiger charge is -2.04. The first-order valence-corrected chi connectivity index (χ1v) is 8.36. The van der Waals surface area contributed by atoms with Crippen LogP contribution in [0.5, 0.6) is 5.75 Å². The van der Waals surface area contributed by atoms with E-state index in [1.165, 1.54) is 12.3 Å². The van der Waals surface area contributed by atoms with E-state index in [2.05, 4.69) is 15.9 Å². The predicted molar refractivity (Wildman–Crippen MR) is 108 cm³/mol. The number of hydrogen-bond acceptors (Lipinski definition) is 6. The maximum absolute atomic E-state index is 11.4. The number of benzene rings is 1. The molecule has 0 saturated carbocycles. The van der Waals surface area contributed by atoms with Crippen LogP contribution in [0.15, 0.2) is 113 Å². The van der Waals surface area contributed by atoms with E-state index in [1.54, 1.807) is 18.2 Å². The van der Waals surface area contributed by atoms with Gasteiger partial charge in [0.2, 0.25) is 5.91 Å². The lowest BCUT2D eigenvalue weighted by atomic mass is 10.2. The smallest absolute Gasteiger partial charge is 0.250 e. The number of nitrogens with two attached hydrogens (primary N) is 1. The van der Waals surface area contributed by atoms with E-state index in [-0.39, 0.29) is 5.57 Å². The van der Waals surface area contributed by atoms with Gasteiger partial charge in [-0.25, -0.2) is 0 Å². The summed E-state index contributed by atoms with van der Waals surface area (Å²) in [6, 6.07) is 7.31. The first-order valence-electron chi connectivity index (χ1n) is 8.36. The standard InChI is InChI=1S/C21H20N4O3/c22-21(26)19-15-10-8-6-4-2-1-3-5-7-9-13-18-14-11-12-16-20(18)27-28-25-24-23-17-19/h1-17H,(H2,22,26)(H,23,25). The number of hydrogen-bond donors (Lipinski definition) is 2. The van der Waals surface area contributed by atoms with Gasteiger partial charge in [-0.3, -0.25) is 4.79 Å². The number of allylic oxidation sites excluding steroid dienone is 10. The molecule has 2 rings (SSSR count). The third-order valence-corrected chi connectivity index (χ3v) is 3.22. The fourth-order valence-corrected chi connectivity index (χ4v) is 1.91. The molecule has 3 N–H and O–H groups in total. The Morgan fingerprint density at radius 3 is 2.14 bits per heavy atom. The molecule has 7 nitrogen and oxygen atoms in total. The zero-order chi connectivity index (χ0) is 19.9. The highest BCUT2D eigenvalue weighted by Gasteiger charge is 2.00. The van der Waals surface area contributed by atoms with Crippen molar-refractivity contribution < 1.29 is 14.7 Å². The van der Waals surface area contributed by atoms with Crippen molar-refractivity contribution in [2.75, 3.05) is 0 Å². The molecule has 1 aromatic rings. The molecule has 1 heterocycles. The maximum Gasteiger partial charge on any atom is 0.250 e. The van der Waals surface area contributed by atoms with E-state index >= 15 is 0 Å². The molecule has 7 heteroatoms. The molecule has 0 saturated heterocycles. The van der Waals surface area contributed by atoms with E-state index in [0.29, 0.717) is 5.75 Å². The van der Waals surface area contributed by atoms with Crippen LogP contribution < -0.4 is 16.2 Å². The zero-order valence-electron chi connectivity index (χ0n) is 15.0. The van der Waals surface area contributed by atoms with Crippen LogP contribution in [0.3, 0.4) is 0 Å². The van der Waals surface area contributed by atoms with E-state index in [4.69, 9.17) is 15.6 Å². The number of carbonyl (C=O) groups is 1. The molecule has 1 aliphatic rings. The molecule has 1 amide bonds. The van der Waals surface area contributed by atoms with Crippen molar-refractivity contribution in [3.8, 4) is 5.75 Å². The quantitative estimate of drug-likeness (QED) is 0.723. The van der Waals surface area contributed by atoms with Crippen LogP contribution in [0.25, 0.3) is 6.08 Å². The van der Waals surface area contributed by atoms with Crippen LogP contribution in [0.4, 0.5) is 0 Å². The first-order chi connectivity index (χ1) is 13.8. The van der Waals surface area contributed by atoms with Crippen molar-refractivity contribution in [2.45, 2.75) is 0 Å². The summed E-state index contributed by atoms with van der Waals surface area (Å²) in [5.74, 6) is -0.147. The number of para-hydroxylation sites is 1. The van der Waals surface area contributed by atoms with E-state index in [0.717, 1.165) is 5.56 Å². The highest BCUT2D eigenvalue weighted by atomic mass is 17.3. The summed E-state index contributed by atoms with van der Waals surface area (Å²) < 4.78 is 0. The normalized spacial score (nSPS) is 15.1. The van der Waals surface area contributed by atoms with Crippen LogP contribution >= 0.6 is 0 Å². The lowest BCUT2D eigenvalue weighted by molar-refractivity contribution is -0.259. The molecule has 1 aliphatic heterocycles. The van der Waals surface area contributed by atoms with Gasteiger partial charge in [-0.2, -0.15) is 0 Å². The Bertz CT molecular complexity index is 891. The summed E-state index contributed by atoms with van der Waals surface area (Å²) >= 11 is 0. The number of carbonyl (C=O) groups excluding carboxylic acids is 1. The monoisotopic (exact) mass is 376 g/mol. The second kappa shape index (κ2) is 12.4. The lowest BCUT2D eigenvalue weighted by Crippen LogP contribution is -2.12. The largest absolute Gasteiger partial charge is 0.366 e. The molecule has 0 atom stereocenters. The second-order valence-corrected chi connectivity index (χ2v) is 5.22. The molecule has 0 spiro atoms. The summed E-state index contributed by atoms with van der Waals surface area (Å²) in [7, 11) is 0. The minimum atomic E-state index is -0.634. The number of fused-ring (bicyclic) bond motifs is 1. The molecule has 0 aliphatic carbocycles. The molecule has 142 valence electrons. The van der Waals surface area contributed by atoms with Crippen LogP contribution in [-0.2, 0) is 9.78 Å². The van der Waals surface area contributed by atoms with Crippen molar-refractivity contribution in [2.24, 2.45) is 16.1 Å². The molecule has 28 heavy (non-hydrogen) atoms. The van der Waals surface area contributed by atoms with Gasteiger partial charge in [0.25, 0.3) is 0 Å². The molecule has 0 unspecified atom stereocenters. The number of nitrogens with one attached hydrogen (secondary N) is 1. The second-order valence-electron chi connectivity index (χ2n) is 5.22. The van der Waals surface area contributed by atoms with E-state index in [1.807, 2.05) is 72.9 Å². The van der Waals surface area contributed by atoms with Gasteiger partial charge < -0.3 is 10.6 Å². The van der Waals surface area contributed by atoms with E-state index in [9.17, 15) is 4.79 Å². The van der Waals surface area contributed by atoms with Crippen LogP contribution in [0.1, 0.15) is 5.56 Å². The molecule has 0 radical (unpaired) electrons. The average Bonchev–Trinajstić information content (AvgIpc) is 2.69. The number of rotatable bonds is 1. The van der Waals surface area contributed by atoms with Crippen LogP contribution in [-0.4, -0.2) is 5.91 Å². The van der Waals surface area contributed by atoms with Gasteiger partial charge in [0.1, 0.15) is 0 Å². The van der Waals surface area contributed by atoms with Crippen molar-refractivity contribution in [3.63, 3.8) is 0 Å². The Kier molecular flexibility index (Phi) is 9.00. The third kappa shape index (κ3) is 7.94. The van der Waals surface area contributed by atoms with Crippen molar-refractivity contribution >= 4 is 12.0 Å². The predicted octanol–water partition coefficient (Wildman–Crippen LogP) is 4.05. The van der Waals surface area contributed by atoms with Crippen molar-refractivity contribution in [1.29, 1.82) is 0 Å². The Hall–Kier alpha value is -3.97. The highest BCUT2D eigenvalue weighted by molar-refractivity contribution is 5.94. The zero-order valence-corrected chi connectivity index (χ0v) is 15.0. The third-order valence-electron chi connectivity index (χ3n) is 3.22. The topological polar surface area (TPSA) is 98.3 Å². The van der Waals surface area contributed by atoms with Gasteiger partial charge in [-0.15, -0.1) is 10.7 Å². The minimum Gasteiger partial charge on any atom is -0.366 e. The molecular weight excluding hydrogens is 356 g/mol. The summed E-state index contributed by atoms with van der Waals surface area (Å²) in [6.07, 6.45) is 23.0. The summed E-state index contributed by atoms with van der Waals surface area (Å²) in [4.78, 5) is 21.3. The molecular formula is C21H20N4O3. The fourth-order valence-electron chi connectivity index (χ4n) is 1.91. The summed E-state index contributed by atoms with van der Waals surface area (Å²) in [5.41, 5.74) is 8.44. The summed E-state index contributed by atoms with van der Waals surface area (Å²) in [5, 5.41) is 7.18. The van der Waals surface area contributed by atoms with Crippen molar-refractivity contribution in [3.05, 3.63) is 108 Å². The van der Waals surface area contributed by atoms with Gasteiger partial charge in [-0.1, -0.05) is 85.0 Å². The SMILES string of the molecule is NC(=O)C1=CN=NNOOc2ccccc2C=CC=CC=CC=CC=CC=C1. The van der Waals surface area contributed by atoms with Crippen molar-refractivity contribution in [1.82, 2.24) is 5.59 Å². The summed E-state index contributed by atoms with van der Waals surface area (Å²) in [6.45, 7) is 0. The molecule has 0 fully saturated rings. The Morgan fingerprint density at radius 1 is 0.857 bits per heavy atom. The molecule has 1 aromatic carbocycles. The number of nitrogens with zero attached hydrogens (tertiary/aromatic N) is 2. The van der Waals surface area contributed by atoms with Gasteiger partial charge >= 0.3 is 0 Å². The van der Waals surface area contributed by atoms with Crippen LogP contribution in [0, 0.1) is 0 Å². The average molecular weight is 376 g/mol. The highest BCUT2D eigenvalue weighted by Crippen LogP contribution is 2.19. The van der Waals surface area contributed by atoms with Gasteiger partial charge in [0.15, 0.2) is 5.75 Å². The Balaban J connectivity index is 2.18. The van der Waals surface area contributed by atoms with E-state index < -0.39 is 5.91 Å². The number of amides is 1. The number of primary amides is 1. The fraction of sp³-hybridized carbons (Fsp3) is 0. The van der Waals surface area contributed by atoms with Crippen LogP contribution in [0.2, 0.25) is 0 Å². The Labute approximate surface area is 163 Å². The van der Waals surface area contributed by atoms with Gasteiger partial charge in [0, 0.05) is 5.56 Å². The molecule has 0 aromatic heterocycles. The molecule has 0 bridgehead atoms. The van der Waals surface area contributed by atoms with Gasteiger partial charge in [-0.05, 0) is 22.4 Å². The maximum atomic E-state index is 11.4. The first kappa shape index (κ1) is 20.3. The van der Waals surface area contributed by atoms with Gasteiger partial charge in [0.05, 0.1) is 11.8 Å². The Morgan fingerprint density at radius 2 is 1.46 bits per heavy atom.